The lowest BCUT2D eigenvalue weighted by molar-refractivity contribution is 0.0844. The van der Waals surface area contributed by atoms with Crippen LogP contribution in [0, 0.1) is 5.92 Å². The van der Waals surface area contributed by atoms with Crippen molar-refractivity contribution >= 4 is 12.4 Å². The molecule has 5 heteroatoms. The molecule has 1 fully saturated rings. The van der Waals surface area contributed by atoms with Crippen LogP contribution in [-0.2, 0) is 0 Å². The van der Waals surface area contributed by atoms with Crippen LogP contribution in [-0.4, -0.2) is 25.4 Å². The van der Waals surface area contributed by atoms with Crippen LogP contribution in [0.5, 0.6) is 11.5 Å². The van der Waals surface area contributed by atoms with E-state index in [0.29, 0.717) is 17.4 Å². The van der Waals surface area contributed by atoms with Gasteiger partial charge in [0.25, 0.3) is 0 Å². The highest BCUT2D eigenvalue weighted by molar-refractivity contribution is 5.85. The van der Waals surface area contributed by atoms with Gasteiger partial charge in [-0.1, -0.05) is 18.9 Å². The summed E-state index contributed by atoms with van der Waals surface area (Å²) in [6.45, 7) is 0. The Hall–Kier alpha value is -0.970. The van der Waals surface area contributed by atoms with Crippen LogP contribution in [0.1, 0.15) is 37.3 Å². The number of hydrogen-bond donors (Lipinski definition) is 2. The Morgan fingerprint density at radius 3 is 2.30 bits per heavy atom. The lowest BCUT2D eigenvalue weighted by Crippen LogP contribution is -2.31. The van der Waals surface area contributed by atoms with Crippen LogP contribution < -0.4 is 15.2 Å². The van der Waals surface area contributed by atoms with Gasteiger partial charge in [-0.2, -0.15) is 0 Å². The van der Waals surface area contributed by atoms with Crippen LogP contribution >= 0.6 is 12.4 Å². The molecule has 1 aromatic rings. The van der Waals surface area contributed by atoms with Crippen LogP contribution in [0.2, 0.25) is 0 Å². The summed E-state index contributed by atoms with van der Waals surface area (Å²) >= 11 is 0. The van der Waals surface area contributed by atoms with Crippen molar-refractivity contribution in [3.63, 3.8) is 0 Å². The van der Waals surface area contributed by atoms with E-state index in [1.54, 1.807) is 14.2 Å². The number of aliphatic hydroxyl groups excluding tert-OH is 1. The molecule has 2 rings (SSSR count). The number of rotatable bonds is 5. The molecule has 0 spiro atoms. The molecule has 4 nitrogen and oxygen atoms in total. The monoisotopic (exact) mass is 301 g/mol. The van der Waals surface area contributed by atoms with Crippen LogP contribution in [0.4, 0.5) is 0 Å². The average Bonchev–Trinajstić information content (AvgIpc) is 2.99. The van der Waals surface area contributed by atoms with Gasteiger partial charge >= 0.3 is 0 Å². The van der Waals surface area contributed by atoms with Crippen molar-refractivity contribution in [3.05, 3.63) is 23.8 Å². The Bertz CT molecular complexity index is 422. The molecule has 0 saturated heterocycles. The molecular formula is C15H24ClNO3. The molecule has 0 heterocycles. The molecule has 3 N–H and O–H groups in total. The summed E-state index contributed by atoms with van der Waals surface area (Å²) in [6.07, 6.45) is 4.05. The van der Waals surface area contributed by atoms with E-state index in [2.05, 4.69) is 0 Å². The zero-order valence-electron chi connectivity index (χ0n) is 12.0. The molecule has 1 saturated carbocycles. The normalized spacial score (nSPS) is 18.2. The standard InChI is InChI=1S/C15H23NO3.ClH/c1-18-12-8-7-11(9-13(12)19-2)14(16)15(17)10-5-3-4-6-10;/h7-10,14-15,17H,3-6,16H2,1-2H3;1H/t14-,15+;/m0./s1. The molecule has 0 unspecified atom stereocenters. The number of aliphatic hydroxyl groups is 1. The quantitative estimate of drug-likeness (QED) is 0.877. The Morgan fingerprint density at radius 1 is 1.15 bits per heavy atom. The average molecular weight is 302 g/mol. The van der Waals surface area contributed by atoms with Crippen molar-refractivity contribution in [1.82, 2.24) is 0 Å². The van der Waals surface area contributed by atoms with Crippen molar-refractivity contribution in [1.29, 1.82) is 0 Å². The Morgan fingerprint density at radius 2 is 1.75 bits per heavy atom. The summed E-state index contributed by atoms with van der Waals surface area (Å²) in [5.41, 5.74) is 7.07. The van der Waals surface area contributed by atoms with E-state index >= 15 is 0 Å². The van der Waals surface area contributed by atoms with Gasteiger partial charge in [0.15, 0.2) is 11.5 Å². The molecule has 20 heavy (non-hydrogen) atoms. The number of halogens is 1. The van der Waals surface area contributed by atoms with Gasteiger partial charge in [0, 0.05) is 0 Å². The summed E-state index contributed by atoms with van der Waals surface area (Å²) < 4.78 is 10.5. The number of methoxy groups -OCH3 is 2. The van der Waals surface area contributed by atoms with Gasteiger partial charge in [0.1, 0.15) is 0 Å². The van der Waals surface area contributed by atoms with Crippen molar-refractivity contribution in [3.8, 4) is 11.5 Å². The number of benzene rings is 1. The molecule has 0 amide bonds. The lowest BCUT2D eigenvalue weighted by Gasteiger charge is -2.25. The molecule has 0 aliphatic heterocycles. The summed E-state index contributed by atoms with van der Waals surface area (Å²) in [4.78, 5) is 0. The minimum atomic E-state index is -0.486. The van der Waals surface area contributed by atoms with E-state index in [9.17, 15) is 5.11 Å². The lowest BCUT2D eigenvalue weighted by atomic mass is 9.91. The fraction of sp³-hybridized carbons (Fsp3) is 0.600. The first-order valence-corrected chi connectivity index (χ1v) is 6.83. The van der Waals surface area contributed by atoms with Gasteiger partial charge in [-0.25, -0.2) is 0 Å². The smallest absolute Gasteiger partial charge is 0.161 e. The summed E-state index contributed by atoms with van der Waals surface area (Å²) in [5, 5.41) is 10.4. The highest BCUT2D eigenvalue weighted by Crippen LogP contribution is 2.35. The van der Waals surface area contributed by atoms with Crippen LogP contribution in [0.15, 0.2) is 18.2 Å². The first-order chi connectivity index (χ1) is 9.17. The van der Waals surface area contributed by atoms with Crippen molar-refractivity contribution in [2.45, 2.75) is 37.8 Å². The predicted octanol–water partition coefficient (Wildman–Crippen LogP) is 2.68. The Kier molecular flexibility index (Phi) is 6.59. The Labute approximate surface area is 126 Å². The molecule has 0 bridgehead atoms. The molecule has 0 radical (unpaired) electrons. The summed E-state index contributed by atoms with van der Waals surface area (Å²) in [6, 6.07) is 5.20. The second-order valence-electron chi connectivity index (χ2n) is 5.18. The number of hydrogen-bond acceptors (Lipinski definition) is 4. The van der Waals surface area contributed by atoms with Gasteiger partial charge in [-0.05, 0) is 36.5 Å². The van der Waals surface area contributed by atoms with Crippen LogP contribution in [0.3, 0.4) is 0 Å². The largest absolute Gasteiger partial charge is 0.493 e. The third-order valence-electron chi connectivity index (χ3n) is 4.04. The minimum Gasteiger partial charge on any atom is -0.493 e. The fourth-order valence-electron chi connectivity index (χ4n) is 2.85. The fourth-order valence-corrected chi connectivity index (χ4v) is 2.85. The second-order valence-corrected chi connectivity index (χ2v) is 5.18. The second kappa shape index (κ2) is 7.72. The molecule has 0 aromatic heterocycles. The van der Waals surface area contributed by atoms with Gasteiger partial charge in [0.05, 0.1) is 26.4 Å². The van der Waals surface area contributed by atoms with Gasteiger partial charge in [-0.15, -0.1) is 12.4 Å². The minimum absolute atomic E-state index is 0. The van der Waals surface area contributed by atoms with Gasteiger partial charge in [-0.3, -0.25) is 0 Å². The maximum Gasteiger partial charge on any atom is 0.161 e. The molecule has 1 aromatic carbocycles. The first kappa shape index (κ1) is 17.1. The number of ether oxygens (including phenoxy) is 2. The highest BCUT2D eigenvalue weighted by Gasteiger charge is 2.29. The maximum atomic E-state index is 10.4. The zero-order chi connectivity index (χ0) is 13.8. The van der Waals surface area contributed by atoms with E-state index in [1.807, 2.05) is 18.2 Å². The maximum absolute atomic E-state index is 10.4. The summed E-state index contributed by atoms with van der Waals surface area (Å²) in [5.74, 6) is 1.64. The SMILES string of the molecule is COc1ccc([C@H](N)[C@H](O)C2CCCC2)cc1OC.Cl. The molecule has 2 atom stereocenters. The van der Waals surface area contributed by atoms with E-state index in [-0.39, 0.29) is 18.4 Å². The highest BCUT2D eigenvalue weighted by atomic mass is 35.5. The van der Waals surface area contributed by atoms with Crippen molar-refractivity contribution in [2.75, 3.05) is 14.2 Å². The first-order valence-electron chi connectivity index (χ1n) is 6.83. The third kappa shape index (κ3) is 3.57. The molecular weight excluding hydrogens is 278 g/mol. The van der Waals surface area contributed by atoms with Crippen molar-refractivity contribution in [2.24, 2.45) is 11.7 Å². The van der Waals surface area contributed by atoms with E-state index in [0.717, 1.165) is 18.4 Å². The van der Waals surface area contributed by atoms with E-state index in [4.69, 9.17) is 15.2 Å². The predicted molar refractivity (Wildman–Crippen MR) is 81.7 cm³/mol. The van der Waals surface area contributed by atoms with Crippen LogP contribution in [0.25, 0.3) is 0 Å². The summed E-state index contributed by atoms with van der Waals surface area (Å²) in [7, 11) is 3.20. The zero-order valence-corrected chi connectivity index (χ0v) is 12.9. The Balaban J connectivity index is 0.00000200. The number of nitrogens with two attached hydrogens (primary N) is 1. The molecule has 1 aliphatic rings. The van der Waals surface area contributed by atoms with E-state index < -0.39 is 6.10 Å². The molecule has 1 aliphatic carbocycles. The molecule has 114 valence electrons. The topological polar surface area (TPSA) is 64.7 Å². The third-order valence-corrected chi connectivity index (χ3v) is 4.04. The van der Waals surface area contributed by atoms with Gasteiger partial charge < -0.3 is 20.3 Å². The van der Waals surface area contributed by atoms with Crippen molar-refractivity contribution < 1.29 is 14.6 Å². The van der Waals surface area contributed by atoms with E-state index in [1.165, 1.54) is 12.8 Å². The van der Waals surface area contributed by atoms with Gasteiger partial charge in [0.2, 0.25) is 0 Å².